The van der Waals surface area contributed by atoms with Gasteiger partial charge in [-0.1, -0.05) is 0 Å². The molecule has 19 heavy (non-hydrogen) atoms. The molecule has 0 unspecified atom stereocenters. The molecule has 8 nitrogen and oxygen atoms in total. The van der Waals surface area contributed by atoms with Crippen molar-refractivity contribution in [2.24, 2.45) is 7.05 Å². The van der Waals surface area contributed by atoms with Crippen molar-refractivity contribution in [1.82, 2.24) is 9.78 Å². The number of esters is 1. The zero-order valence-corrected chi connectivity index (χ0v) is 10.9. The molecule has 0 atom stereocenters. The molecule has 2 rings (SSSR count). The Balaban J connectivity index is 2.24. The maximum absolute atomic E-state index is 11.6. The Bertz CT molecular complexity index is 495. The molecule has 1 aromatic heterocycles. The number of nitrogens with zero attached hydrogens (tertiary/aromatic N) is 4. The number of rotatable bonds is 6. The number of nitro groups is 1. The summed E-state index contributed by atoms with van der Waals surface area (Å²) in [6, 6.07) is 0.137. The summed E-state index contributed by atoms with van der Waals surface area (Å²) in [5.41, 5.74) is -0.0845. The van der Waals surface area contributed by atoms with E-state index >= 15 is 0 Å². The van der Waals surface area contributed by atoms with E-state index in [1.165, 1.54) is 10.9 Å². The van der Waals surface area contributed by atoms with Crippen LogP contribution < -0.4 is 4.90 Å². The third-order valence-corrected chi connectivity index (χ3v) is 2.85. The van der Waals surface area contributed by atoms with Crippen molar-refractivity contribution < 1.29 is 14.5 Å². The predicted molar refractivity (Wildman–Crippen MR) is 66.9 cm³/mol. The van der Waals surface area contributed by atoms with Gasteiger partial charge in [0.15, 0.2) is 0 Å². The zero-order valence-electron chi connectivity index (χ0n) is 10.9. The van der Waals surface area contributed by atoms with Gasteiger partial charge in [-0.25, -0.2) is 0 Å². The minimum Gasteiger partial charge on any atom is -0.465 e. The lowest BCUT2D eigenvalue weighted by molar-refractivity contribution is -0.384. The molecule has 0 aliphatic heterocycles. The van der Waals surface area contributed by atoms with E-state index in [-0.39, 0.29) is 24.1 Å². The molecule has 0 N–H and O–H groups in total. The minimum atomic E-state index is -0.483. The van der Waals surface area contributed by atoms with Gasteiger partial charge in [-0.15, -0.1) is 5.10 Å². The first-order valence-corrected chi connectivity index (χ1v) is 6.13. The second-order valence-electron chi connectivity index (χ2n) is 4.43. The summed E-state index contributed by atoms with van der Waals surface area (Å²) >= 11 is 0. The second-order valence-corrected chi connectivity index (χ2v) is 4.43. The van der Waals surface area contributed by atoms with Crippen molar-refractivity contribution in [3.05, 3.63) is 16.3 Å². The predicted octanol–water partition coefficient (Wildman–Crippen LogP) is 0.860. The zero-order chi connectivity index (χ0) is 14.0. The monoisotopic (exact) mass is 268 g/mol. The molecule has 0 radical (unpaired) electrons. The number of aryl methyl sites for hydroxylation is 1. The minimum absolute atomic E-state index is 0.00361. The molecule has 0 bridgehead atoms. The van der Waals surface area contributed by atoms with Crippen molar-refractivity contribution in [1.29, 1.82) is 0 Å². The van der Waals surface area contributed by atoms with Crippen molar-refractivity contribution in [3.8, 4) is 0 Å². The Labute approximate surface area is 110 Å². The average Bonchev–Trinajstić information content (AvgIpc) is 3.09. The van der Waals surface area contributed by atoms with E-state index in [4.69, 9.17) is 4.74 Å². The van der Waals surface area contributed by atoms with Crippen LogP contribution in [0, 0.1) is 10.1 Å². The summed E-state index contributed by atoms with van der Waals surface area (Å²) in [5.74, 6) is -0.155. The highest BCUT2D eigenvalue weighted by Gasteiger charge is 2.36. The highest BCUT2D eigenvalue weighted by atomic mass is 16.6. The van der Waals surface area contributed by atoms with Crippen LogP contribution in [-0.4, -0.2) is 39.9 Å². The largest absolute Gasteiger partial charge is 0.465 e. The van der Waals surface area contributed by atoms with E-state index < -0.39 is 10.9 Å². The first kappa shape index (κ1) is 13.3. The van der Waals surface area contributed by atoms with Crippen LogP contribution in [0.4, 0.5) is 11.5 Å². The van der Waals surface area contributed by atoms with Gasteiger partial charge in [0.1, 0.15) is 12.7 Å². The van der Waals surface area contributed by atoms with Crippen LogP contribution >= 0.6 is 0 Å². The van der Waals surface area contributed by atoms with E-state index in [1.54, 1.807) is 18.9 Å². The number of carbonyl (C=O) groups excluding carboxylic acids is 1. The Morgan fingerprint density at radius 1 is 1.68 bits per heavy atom. The summed E-state index contributed by atoms with van der Waals surface area (Å²) in [5, 5.41) is 15.1. The summed E-state index contributed by atoms with van der Waals surface area (Å²) in [6.07, 6.45) is 3.16. The number of hydrogen-bond donors (Lipinski definition) is 0. The lowest BCUT2D eigenvalue weighted by Crippen LogP contribution is -2.33. The van der Waals surface area contributed by atoms with Gasteiger partial charge in [-0.05, 0) is 19.8 Å². The molecule has 1 aliphatic carbocycles. The van der Waals surface area contributed by atoms with Crippen molar-refractivity contribution >= 4 is 17.5 Å². The lowest BCUT2D eigenvalue weighted by Gasteiger charge is -2.19. The number of anilines is 1. The van der Waals surface area contributed by atoms with Crippen LogP contribution in [0.2, 0.25) is 0 Å². The SMILES string of the molecule is CCOC(=O)CN(c1nn(C)cc1[N+](=O)[O-])C1CC1. The highest BCUT2D eigenvalue weighted by Crippen LogP contribution is 2.35. The maximum atomic E-state index is 11.6. The Hall–Kier alpha value is -2.12. The molecule has 8 heteroatoms. The molecule has 0 spiro atoms. The molecular weight excluding hydrogens is 252 g/mol. The van der Waals surface area contributed by atoms with E-state index in [1.807, 2.05) is 0 Å². The van der Waals surface area contributed by atoms with Gasteiger partial charge < -0.3 is 9.64 Å². The van der Waals surface area contributed by atoms with Gasteiger partial charge in [0.05, 0.1) is 11.5 Å². The fourth-order valence-corrected chi connectivity index (χ4v) is 1.91. The molecule has 1 fully saturated rings. The summed E-state index contributed by atoms with van der Waals surface area (Å²) in [7, 11) is 1.62. The molecule has 1 heterocycles. The quantitative estimate of drug-likeness (QED) is 0.432. The van der Waals surface area contributed by atoms with E-state index in [0.29, 0.717) is 6.61 Å². The molecule has 1 aliphatic rings. The van der Waals surface area contributed by atoms with E-state index in [2.05, 4.69) is 5.10 Å². The number of aromatic nitrogens is 2. The first-order valence-electron chi connectivity index (χ1n) is 6.13. The van der Waals surface area contributed by atoms with Gasteiger partial charge in [0, 0.05) is 13.1 Å². The summed E-state index contributed by atoms with van der Waals surface area (Å²) in [6.45, 7) is 2.01. The fraction of sp³-hybridized carbons (Fsp3) is 0.636. The van der Waals surface area contributed by atoms with Crippen molar-refractivity contribution in [2.45, 2.75) is 25.8 Å². The van der Waals surface area contributed by atoms with Gasteiger partial charge >= 0.3 is 11.7 Å². The number of ether oxygens (including phenoxy) is 1. The smallest absolute Gasteiger partial charge is 0.330 e. The third kappa shape index (κ3) is 3.01. The maximum Gasteiger partial charge on any atom is 0.330 e. The molecule has 0 saturated heterocycles. The van der Waals surface area contributed by atoms with Gasteiger partial charge in [-0.3, -0.25) is 19.6 Å². The van der Waals surface area contributed by atoms with Crippen LogP contribution in [0.25, 0.3) is 0 Å². The topological polar surface area (TPSA) is 90.5 Å². The highest BCUT2D eigenvalue weighted by molar-refractivity contribution is 5.77. The van der Waals surface area contributed by atoms with E-state index in [0.717, 1.165) is 12.8 Å². The second kappa shape index (κ2) is 5.25. The van der Waals surface area contributed by atoms with Crippen LogP contribution in [0.5, 0.6) is 0 Å². The summed E-state index contributed by atoms with van der Waals surface area (Å²) < 4.78 is 6.28. The Kier molecular flexibility index (Phi) is 3.68. The van der Waals surface area contributed by atoms with Gasteiger partial charge in [0.2, 0.25) is 5.82 Å². The molecular formula is C11H16N4O4. The molecule has 1 saturated carbocycles. The standard InChI is InChI=1S/C11H16N4O4/c1-3-19-10(16)7-14(8-4-5-8)11-9(15(17)18)6-13(2)12-11/h6,8H,3-5,7H2,1-2H3. The van der Waals surface area contributed by atoms with Crippen LogP contribution in [-0.2, 0) is 16.6 Å². The summed E-state index contributed by atoms with van der Waals surface area (Å²) in [4.78, 5) is 23.8. The fourth-order valence-electron chi connectivity index (χ4n) is 1.91. The lowest BCUT2D eigenvalue weighted by atomic mass is 10.4. The van der Waals surface area contributed by atoms with E-state index in [9.17, 15) is 14.9 Å². The average molecular weight is 268 g/mol. The van der Waals surface area contributed by atoms with Crippen molar-refractivity contribution in [2.75, 3.05) is 18.1 Å². The Morgan fingerprint density at radius 2 is 2.37 bits per heavy atom. The normalized spacial score (nSPS) is 14.2. The Morgan fingerprint density at radius 3 is 2.89 bits per heavy atom. The molecule has 0 aromatic carbocycles. The molecule has 1 aromatic rings. The first-order chi connectivity index (χ1) is 9.02. The van der Waals surface area contributed by atoms with Crippen molar-refractivity contribution in [3.63, 3.8) is 0 Å². The van der Waals surface area contributed by atoms with Crippen LogP contribution in [0.15, 0.2) is 6.20 Å². The molecule has 104 valence electrons. The number of hydrogen-bond acceptors (Lipinski definition) is 6. The van der Waals surface area contributed by atoms with Crippen LogP contribution in [0.1, 0.15) is 19.8 Å². The third-order valence-electron chi connectivity index (χ3n) is 2.85. The molecule has 0 amide bonds. The van der Waals surface area contributed by atoms with Gasteiger partial charge in [-0.2, -0.15) is 0 Å². The number of carbonyl (C=O) groups is 1. The van der Waals surface area contributed by atoms with Crippen LogP contribution in [0.3, 0.4) is 0 Å². The van der Waals surface area contributed by atoms with Gasteiger partial charge in [0.25, 0.3) is 0 Å².